The van der Waals surface area contributed by atoms with Crippen LogP contribution in [0.2, 0.25) is 0 Å². The van der Waals surface area contributed by atoms with Crippen molar-refractivity contribution in [1.29, 1.82) is 0 Å². The Balaban J connectivity index is -0.000000720. The molecule has 80 valence electrons. The molecule has 0 aliphatic rings. The Morgan fingerprint density at radius 2 is 1.47 bits per heavy atom. The van der Waals surface area contributed by atoms with E-state index in [9.17, 15) is 4.79 Å². The van der Waals surface area contributed by atoms with E-state index in [1.165, 1.54) is 0 Å². The molecule has 0 rings (SSSR count). The minimum Gasteiger partial charge on any atom is -0.479 e. The average molecular weight is 341 g/mol. The van der Waals surface area contributed by atoms with Crippen LogP contribution in [0.4, 0.5) is 0 Å². The largest absolute Gasteiger partial charge is 3.00 e. The molecule has 0 aromatic heterocycles. The number of carboxylic acids is 1. The maximum absolute atomic E-state index is 10.1. The van der Waals surface area contributed by atoms with E-state index in [1.807, 2.05) is 0 Å². The zero-order valence-electron chi connectivity index (χ0n) is 8.06. The van der Waals surface area contributed by atoms with Crippen molar-refractivity contribution < 1.29 is 65.0 Å². The third kappa shape index (κ3) is 7.09. The number of hydrogen-bond acceptors (Lipinski definition) is 6. The zero-order chi connectivity index (χ0) is 10.6. The van der Waals surface area contributed by atoms with Crippen LogP contribution in [-0.2, 0) is 4.79 Å². The molecule has 0 aromatic rings. The van der Waals surface area contributed by atoms with Crippen LogP contribution in [0.1, 0.15) is 0 Å². The van der Waals surface area contributed by atoms with Crippen molar-refractivity contribution in [2.24, 2.45) is 0 Å². The molecule has 0 fully saturated rings. The average Bonchev–Trinajstić information content (AvgIpc) is 2.12. The Bertz CT molecular complexity index is 181. The van der Waals surface area contributed by atoms with E-state index in [0.29, 0.717) is 0 Å². The second kappa shape index (κ2) is 10.3. The minimum absolute atomic E-state index is 0. The molecule has 15 heavy (non-hydrogen) atoms. The van der Waals surface area contributed by atoms with Gasteiger partial charge in [-0.25, -0.2) is 4.79 Å². The summed E-state index contributed by atoms with van der Waals surface area (Å²) in [5, 5.41) is 51.8. The van der Waals surface area contributed by atoms with Crippen LogP contribution < -0.4 is 29.6 Å². The first-order valence-electron chi connectivity index (χ1n) is 3.47. The van der Waals surface area contributed by atoms with Crippen molar-refractivity contribution in [2.45, 2.75) is 24.4 Å². The summed E-state index contributed by atoms with van der Waals surface area (Å²) in [5.41, 5.74) is 0. The summed E-state index contributed by atoms with van der Waals surface area (Å²) in [7, 11) is 0. The normalized spacial score (nSPS) is 17.7. The van der Waals surface area contributed by atoms with E-state index >= 15 is 0 Å². The van der Waals surface area contributed by atoms with Gasteiger partial charge in [-0.1, -0.05) is 0 Å². The van der Waals surface area contributed by atoms with E-state index < -0.39 is 37.0 Å². The topological polar surface area (TPSA) is 138 Å². The SMILES string of the molecule is O=C(O)C(O)C(O)C(O)C(O)CO.[Na+].[Sb+3]. The molecule has 2 radical (unpaired) electrons. The first kappa shape index (κ1) is 21.4. The van der Waals surface area contributed by atoms with Gasteiger partial charge in [-0.05, 0) is 0 Å². The molecule has 0 aliphatic carbocycles. The van der Waals surface area contributed by atoms with E-state index in [4.69, 9.17) is 30.6 Å². The summed E-state index contributed by atoms with van der Waals surface area (Å²) in [6, 6.07) is 0. The van der Waals surface area contributed by atoms with E-state index in [1.54, 1.807) is 0 Å². The third-order valence-electron chi connectivity index (χ3n) is 1.51. The van der Waals surface area contributed by atoms with Gasteiger partial charge in [0, 0.05) is 0 Å². The van der Waals surface area contributed by atoms with Gasteiger partial charge in [0.2, 0.25) is 0 Å². The molecule has 7 nitrogen and oxygen atoms in total. The van der Waals surface area contributed by atoms with E-state index in [0.717, 1.165) is 0 Å². The zero-order valence-corrected chi connectivity index (χ0v) is 12.6. The molecule has 0 aliphatic heterocycles. The first-order chi connectivity index (χ1) is 5.91. The van der Waals surface area contributed by atoms with Gasteiger partial charge in [-0.3, -0.25) is 0 Å². The molecule has 4 unspecified atom stereocenters. The summed E-state index contributed by atoms with van der Waals surface area (Å²) in [4.78, 5) is 10.1. The van der Waals surface area contributed by atoms with Crippen LogP contribution in [-0.4, -0.2) is 92.1 Å². The monoisotopic (exact) mass is 340 g/mol. The molecule has 0 heterocycles. The van der Waals surface area contributed by atoms with Crippen molar-refractivity contribution in [3.05, 3.63) is 0 Å². The molecule has 0 saturated carbocycles. The van der Waals surface area contributed by atoms with Crippen molar-refractivity contribution in [3.63, 3.8) is 0 Å². The Hall–Kier alpha value is 1.09. The number of carbonyl (C=O) groups is 1. The fourth-order valence-electron chi connectivity index (χ4n) is 0.668. The molecule has 0 amide bonds. The smallest absolute Gasteiger partial charge is 0.479 e. The Kier molecular flexibility index (Phi) is 14.6. The number of hydrogen-bond donors (Lipinski definition) is 6. The maximum atomic E-state index is 10.1. The quantitative estimate of drug-likeness (QED) is 0.273. The summed E-state index contributed by atoms with van der Waals surface area (Å²) >= 11 is 0. The van der Waals surface area contributed by atoms with Gasteiger partial charge < -0.3 is 30.6 Å². The van der Waals surface area contributed by atoms with Crippen LogP contribution in [0, 0.1) is 0 Å². The molecular formula is C6H12NaO7Sb+4. The van der Waals surface area contributed by atoms with Gasteiger partial charge >= 0.3 is 60.0 Å². The predicted molar refractivity (Wildman–Crippen MR) is 44.5 cm³/mol. The number of aliphatic hydroxyl groups excluding tert-OH is 5. The van der Waals surface area contributed by atoms with Gasteiger partial charge in [-0.2, -0.15) is 0 Å². The van der Waals surface area contributed by atoms with Crippen LogP contribution in [0.5, 0.6) is 0 Å². The van der Waals surface area contributed by atoms with Crippen molar-refractivity contribution in [2.75, 3.05) is 6.61 Å². The predicted octanol–water partition coefficient (Wildman–Crippen LogP) is -6.87. The van der Waals surface area contributed by atoms with Gasteiger partial charge in [-0.15, -0.1) is 0 Å². The summed E-state index contributed by atoms with van der Waals surface area (Å²) < 4.78 is 0. The fraction of sp³-hybridized carbons (Fsp3) is 0.833. The molecule has 0 bridgehead atoms. The van der Waals surface area contributed by atoms with Crippen LogP contribution in [0.3, 0.4) is 0 Å². The molecule has 4 atom stereocenters. The van der Waals surface area contributed by atoms with Crippen molar-refractivity contribution in [1.82, 2.24) is 0 Å². The number of rotatable bonds is 5. The number of carboxylic acid groups (broad SMARTS) is 1. The summed E-state index contributed by atoms with van der Waals surface area (Å²) in [5.74, 6) is -1.73. The van der Waals surface area contributed by atoms with E-state index in [2.05, 4.69) is 0 Å². The molecule has 6 N–H and O–H groups in total. The first-order valence-corrected chi connectivity index (χ1v) is 3.47. The standard InChI is InChI=1S/C6H12O7.Na.Sb/c7-1-2(8)3(9)4(10)5(11)6(12)13;;/h2-5,7-11H,1H2,(H,12,13);;/q;+1;+3. The second-order valence-electron chi connectivity index (χ2n) is 2.51. The minimum atomic E-state index is -2.20. The van der Waals surface area contributed by atoms with Crippen molar-refractivity contribution in [3.8, 4) is 0 Å². The fourth-order valence-corrected chi connectivity index (χ4v) is 0.668. The van der Waals surface area contributed by atoms with Crippen LogP contribution >= 0.6 is 0 Å². The van der Waals surface area contributed by atoms with Crippen LogP contribution in [0.15, 0.2) is 0 Å². The molecule has 0 aromatic carbocycles. The molecule has 9 heteroatoms. The third-order valence-corrected chi connectivity index (χ3v) is 1.51. The maximum Gasteiger partial charge on any atom is 3.00 e. The van der Waals surface area contributed by atoms with Crippen LogP contribution in [0.25, 0.3) is 0 Å². The Morgan fingerprint density at radius 1 is 1.07 bits per heavy atom. The number of aliphatic carboxylic acids is 1. The Labute approximate surface area is 125 Å². The van der Waals surface area contributed by atoms with Gasteiger partial charge in [0.1, 0.15) is 18.3 Å². The Morgan fingerprint density at radius 3 is 1.73 bits per heavy atom. The number of aliphatic hydroxyl groups is 5. The van der Waals surface area contributed by atoms with Gasteiger partial charge in [0.05, 0.1) is 6.61 Å². The van der Waals surface area contributed by atoms with Gasteiger partial charge in [0.25, 0.3) is 0 Å². The second-order valence-corrected chi connectivity index (χ2v) is 2.51. The van der Waals surface area contributed by atoms with Gasteiger partial charge in [0.15, 0.2) is 6.10 Å². The molecule has 0 spiro atoms. The summed E-state index contributed by atoms with van der Waals surface area (Å²) in [6.45, 7) is -0.843. The van der Waals surface area contributed by atoms with Crippen molar-refractivity contribution >= 4 is 30.4 Å². The molecular weight excluding hydrogens is 329 g/mol. The molecule has 0 saturated heterocycles. The summed E-state index contributed by atoms with van der Waals surface area (Å²) in [6.07, 6.45) is -7.84. The van der Waals surface area contributed by atoms with E-state index in [-0.39, 0.29) is 54.0 Å².